The molecule has 118 valence electrons. The third-order valence-corrected chi connectivity index (χ3v) is 3.80. The normalized spacial score (nSPS) is 10.6. The zero-order valence-electron chi connectivity index (χ0n) is 12.4. The molecule has 0 bridgehead atoms. The Kier molecular flexibility index (Phi) is 6.42. The molecule has 1 aromatic carbocycles. The Morgan fingerprint density at radius 2 is 2.09 bits per heavy atom. The average Bonchev–Trinajstić information content (AvgIpc) is 2.95. The Morgan fingerprint density at radius 3 is 2.77 bits per heavy atom. The molecular formula is C15H19N3O3S. The molecule has 1 aromatic heterocycles. The largest absolute Gasteiger partial charge is 0.465 e. The van der Waals surface area contributed by atoms with Gasteiger partial charge in [0.25, 0.3) is 0 Å². The predicted octanol–water partition coefficient (Wildman–Crippen LogP) is 1.85. The first-order chi connectivity index (χ1) is 10.8. The Hall–Kier alpha value is -1.86. The van der Waals surface area contributed by atoms with E-state index >= 15 is 0 Å². The lowest BCUT2D eigenvalue weighted by molar-refractivity contribution is -0.139. The summed E-state index contributed by atoms with van der Waals surface area (Å²) in [4.78, 5) is 11.5. The number of carbonyl (C=O) groups is 1. The number of aliphatic hydroxyl groups is 1. The quantitative estimate of drug-likeness (QED) is 0.590. The molecule has 7 heteroatoms. The molecule has 0 atom stereocenters. The van der Waals surface area contributed by atoms with Gasteiger partial charge < -0.3 is 9.84 Å². The van der Waals surface area contributed by atoms with Gasteiger partial charge in [0.1, 0.15) is 5.82 Å². The summed E-state index contributed by atoms with van der Waals surface area (Å²) in [7, 11) is 0. The summed E-state index contributed by atoms with van der Waals surface area (Å²) in [6, 6.07) is 9.73. The molecule has 6 nitrogen and oxygen atoms in total. The van der Waals surface area contributed by atoms with Crippen molar-refractivity contribution in [2.45, 2.75) is 24.9 Å². The van der Waals surface area contributed by atoms with Crippen molar-refractivity contribution in [3.8, 4) is 5.69 Å². The van der Waals surface area contributed by atoms with Crippen LogP contribution in [0.3, 0.4) is 0 Å². The molecule has 0 spiro atoms. The fourth-order valence-electron chi connectivity index (χ4n) is 1.96. The maximum atomic E-state index is 11.5. The van der Waals surface area contributed by atoms with Crippen LogP contribution in [-0.4, -0.2) is 44.8 Å². The zero-order valence-corrected chi connectivity index (χ0v) is 13.3. The fraction of sp³-hybridized carbons (Fsp3) is 0.400. The minimum atomic E-state index is -0.271. The van der Waals surface area contributed by atoms with Crippen LogP contribution in [0.15, 0.2) is 35.5 Å². The van der Waals surface area contributed by atoms with Crippen molar-refractivity contribution < 1.29 is 14.6 Å². The number of aliphatic hydroxyl groups excluding tert-OH is 1. The van der Waals surface area contributed by atoms with Gasteiger partial charge in [-0.3, -0.25) is 9.36 Å². The number of aromatic nitrogens is 3. The number of rotatable bonds is 8. The molecule has 2 rings (SSSR count). The molecule has 0 unspecified atom stereocenters. The second-order valence-corrected chi connectivity index (χ2v) is 5.43. The highest BCUT2D eigenvalue weighted by Gasteiger charge is 2.15. The van der Waals surface area contributed by atoms with Crippen LogP contribution in [0.5, 0.6) is 0 Å². The van der Waals surface area contributed by atoms with Crippen LogP contribution in [0.2, 0.25) is 0 Å². The third kappa shape index (κ3) is 4.32. The van der Waals surface area contributed by atoms with E-state index in [-0.39, 0.29) is 18.3 Å². The summed E-state index contributed by atoms with van der Waals surface area (Å²) in [5.74, 6) is 0.692. The number of hydrogen-bond donors (Lipinski definition) is 1. The smallest absolute Gasteiger partial charge is 0.316 e. The summed E-state index contributed by atoms with van der Waals surface area (Å²) >= 11 is 1.30. The predicted molar refractivity (Wildman–Crippen MR) is 84.1 cm³/mol. The van der Waals surface area contributed by atoms with Gasteiger partial charge >= 0.3 is 5.97 Å². The SMILES string of the molecule is CCOC(=O)CSc1nnc(CCCO)n1-c1ccccc1. The van der Waals surface area contributed by atoms with Crippen molar-refractivity contribution in [2.24, 2.45) is 0 Å². The minimum absolute atomic E-state index is 0.104. The molecule has 2 aromatic rings. The standard InChI is InChI=1S/C15H19N3O3S/c1-2-21-14(20)11-22-15-17-16-13(9-6-10-19)18(15)12-7-4-3-5-8-12/h3-5,7-8,19H,2,6,9-11H2,1H3. The van der Waals surface area contributed by atoms with Gasteiger partial charge in [0.15, 0.2) is 5.16 Å². The van der Waals surface area contributed by atoms with Gasteiger partial charge in [-0.15, -0.1) is 10.2 Å². The Bertz CT molecular complexity index is 601. The lowest BCUT2D eigenvalue weighted by Crippen LogP contribution is -2.08. The highest BCUT2D eigenvalue weighted by Crippen LogP contribution is 2.22. The van der Waals surface area contributed by atoms with E-state index in [1.807, 2.05) is 34.9 Å². The first kappa shape index (κ1) is 16.5. The van der Waals surface area contributed by atoms with E-state index in [1.54, 1.807) is 6.92 Å². The van der Waals surface area contributed by atoms with Gasteiger partial charge in [-0.25, -0.2) is 0 Å². The summed E-state index contributed by atoms with van der Waals surface area (Å²) in [6.45, 7) is 2.25. The van der Waals surface area contributed by atoms with Gasteiger partial charge in [0.2, 0.25) is 0 Å². The number of esters is 1. The molecule has 0 amide bonds. The number of nitrogens with zero attached hydrogens (tertiary/aromatic N) is 3. The topological polar surface area (TPSA) is 77.2 Å². The summed E-state index contributed by atoms with van der Waals surface area (Å²) < 4.78 is 6.85. The van der Waals surface area contributed by atoms with Gasteiger partial charge in [0.05, 0.1) is 12.4 Å². The molecule has 1 heterocycles. The molecule has 0 radical (unpaired) electrons. The zero-order chi connectivity index (χ0) is 15.8. The van der Waals surface area contributed by atoms with Gasteiger partial charge in [-0.1, -0.05) is 30.0 Å². The molecule has 0 saturated heterocycles. The maximum absolute atomic E-state index is 11.5. The van der Waals surface area contributed by atoms with Crippen molar-refractivity contribution in [3.05, 3.63) is 36.2 Å². The van der Waals surface area contributed by atoms with Crippen LogP contribution in [0, 0.1) is 0 Å². The number of ether oxygens (including phenoxy) is 1. The summed E-state index contributed by atoms with van der Waals surface area (Å²) in [5, 5.41) is 18.0. The van der Waals surface area contributed by atoms with E-state index in [9.17, 15) is 4.79 Å². The van der Waals surface area contributed by atoms with E-state index < -0.39 is 0 Å². The Morgan fingerprint density at radius 1 is 1.32 bits per heavy atom. The second kappa shape index (κ2) is 8.55. The number of thioether (sulfide) groups is 1. The fourth-order valence-corrected chi connectivity index (χ4v) is 2.72. The van der Waals surface area contributed by atoms with Crippen LogP contribution in [-0.2, 0) is 16.0 Å². The van der Waals surface area contributed by atoms with Crippen LogP contribution in [0.4, 0.5) is 0 Å². The number of benzene rings is 1. The number of aryl methyl sites for hydroxylation is 1. The van der Waals surface area contributed by atoms with Crippen LogP contribution < -0.4 is 0 Å². The van der Waals surface area contributed by atoms with E-state index in [4.69, 9.17) is 9.84 Å². The third-order valence-electron chi connectivity index (χ3n) is 2.90. The average molecular weight is 321 g/mol. The van der Waals surface area contributed by atoms with Crippen molar-refractivity contribution in [2.75, 3.05) is 19.0 Å². The molecule has 0 aliphatic rings. The van der Waals surface area contributed by atoms with E-state index in [1.165, 1.54) is 11.8 Å². The first-order valence-corrected chi connectivity index (χ1v) is 8.13. The number of para-hydroxylation sites is 1. The molecule has 1 N–H and O–H groups in total. The second-order valence-electron chi connectivity index (χ2n) is 4.49. The van der Waals surface area contributed by atoms with E-state index in [2.05, 4.69) is 10.2 Å². The lowest BCUT2D eigenvalue weighted by atomic mass is 10.3. The van der Waals surface area contributed by atoms with E-state index in [0.717, 1.165) is 11.5 Å². The maximum Gasteiger partial charge on any atom is 0.316 e. The molecule has 0 saturated carbocycles. The van der Waals surface area contributed by atoms with E-state index in [0.29, 0.717) is 24.6 Å². The van der Waals surface area contributed by atoms with Crippen LogP contribution in [0.25, 0.3) is 5.69 Å². The molecule has 0 fully saturated rings. The minimum Gasteiger partial charge on any atom is -0.465 e. The summed E-state index contributed by atoms with van der Waals surface area (Å²) in [5.41, 5.74) is 0.937. The Labute approximate surface area is 133 Å². The highest BCUT2D eigenvalue weighted by atomic mass is 32.2. The Balaban J connectivity index is 2.22. The summed E-state index contributed by atoms with van der Waals surface area (Å²) in [6.07, 6.45) is 1.24. The number of hydrogen-bond acceptors (Lipinski definition) is 6. The monoisotopic (exact) mass is 321 g/mol. The van der Waals surface area contributed by atoms with Crippen molar-refractivity contribution in [1.29, 1.82) is 0 Å². The van der Waals surface area contributed by atoms with Gasteiger partial charge in [0, 0.05) is 18.7 Å². The van der Waals surface area contributed by atoms with Gasteiger partial charge in [-0.05, 0) is 25.5 Å². The lowest BCUT2D eigenvalue weighted by Gasteiger charge is -2.09. The van der Waals surface area contributed by atoms with Crippen molar-refractivity contribution >= 4 is 17.7 Å². The first-order valence-electron chi connectivity index (χ1n) is 7.15. The molecule has 22 heavy (non-hydrogen) atoms. The number of carbonyl (C=O) groups excluding carboxylic acids is 1. The van der Waals surface area contributed by atoms with Crippen LogP contribution >= 0.6 is 11.8 Å². The van der Waals surface area contributed by atoms with Crippen LogP contribution in [0.1, 0.15) is 19.2 Å². The molecular weight excluding hydrogens is 302 g/mol. The van der Waals surface area contributed by atoms with Crippen molar-refractivity contribution in [1.82, 2.24) is 14.8 Å². The molecule has 0 aliphatic carbocycles. The highest BCUT2D eigenvalue weighted by molar-refractivity contribution is 7.99. The molecule has 0 aliphatic heterocycles. The van der Waals surface area contributed by atoms with Crippen molar-refractivity contribution in [3.63, 3.8) is 0 Å². The van der Waals surface area contributed by atoms with Gasteiger partial charge in [-0.2, -0.15) is 0 Å².